The molecule has 0 bridgehead atoms. The molecule has 2 aliphatic rings. The summed E-state index contributed by atoms with van der Waals surface area (Å²) in [5, 5.41) is 23.4. The fraction of sp³-hybridized carbons (Fsp3) is 0.609. The predicted molar refractivity (Wildman–Crippen MR) is 161 cm³/mol. The van der Waals surface area contributed by atoms with Gasteiger partial charge in [0.1, 0.15) is 30.2 Å². The minimum Gasteiger partial charge on any atom is -0.394 e. The van der Waals surface area contributed by atoms with Crippen LogP contribution in [-0.4, -0.2) is 113 Å². The number of aromatic amines is 1. The fourth-order valence-corrected chi connectivity index (χ4v) is 7.18. The Bertz CT molecular complexity index is 1800. The summed E-state index contributed by atoms with van der Waals surface area (Å²) in [6.45, 7) is -1.70. The lowest BCUT2D eigenvalue weighted by atomic mass is 10.1. The molecule has 5 heterocycles. The Morgan fingerprint density at radius 1 is 1.12 bits per heavy atom. The molecule has 0 amide bonds. The first-order valence-electron chi connectivity index (χ1n) is 14.3. The van der Waals surface area contributed by atoms with Gasteiger partial charge in [-0.2, -0.15) is 9.97 Å². The Labute approximate surface area is 269 Å². The molecule has 0 aliphatic carbocycles. The van der Waals surface area contributed by atoms with E-state index in [0.717, 1.165) is 4.57 Å². The van der Waals surface area contributed by atoms with Crippen molar-refractivity contribution in [2.75, 3.05) is 44.9 Å². The second-order valence-electron chi connectivity index (χ2n) is 10.7. The number of H-pyrrole nitrogens is 1. The number of ether oxygens (including phenoxy) is 3. The van der Waals surface area contributed by atoms with Crippen LogP contribution >= 0.6 is 15.6 Å². The molecule has 3 aromatic heterocycles. The summed E-state index contributed by atoms with van der Waals surface area (Å²) in [5.74, 6) is -0.223. The van der Waals surface area contributed by atoms with Gasteiger partial charge in [0.15, 0.2) is 23.6 Å². The lowest BCUT2D eigenvalue weighted by Gasteiger charge is -2.28. The van der Waals surface area contributed by atoms with Crippen molar-refractivity contribution in [2.24, 2.45) is 0 Å². The molecule has 0 saturated carbocycles. The van der Waals surface area contributed by atoms with Gasteiger partial charge in [-0.05, 0) is 12.5 Å². The molecule has 25 heteroatoms. The lowest BCUT2D eigenvalue weighted by Crippen LogP contribution is -2.38. The Hall–Kier alpha value is -3.15. The summed E-state index contributed by atoms with van der Waals surface area (Å²) in [4.78, 5) is 56.6. The predicted octanol–water partition coefficient (Wildman–Crippen LogP) is -2.31. The third kappa shape index (κ3) is 8.17. The summed E-state index contributed by atoms with van der Waals surface area (Å²) in [7, 11) is -7.90. The van der Waals surface area contributed by atoms with Gasteiger partial charge in [-0.15, -0.1) is 0 Å². The van der Waals surface area contributed by atoms with E-state index >= 15 is 0 Å². The molecule has 5 rings (SSSR count). The third-order valence-corrected chi connectivity index (χ3v) is 9.47. The zero-order chi connectivity index (χ0) is 34.8. The number of nitrogen functional groups attached to an aromatic ring is 2. The summed E-state index contributed by atoms with van der Waals surface area (Å²) >= 11 is 0. The van der Waals surface area contributed by atoms with Gasteiger partial charge in [-0.3, -0.25) is 32.5 Å². The van der Waals surface area contributed by atoms with E-state index in [0.29, 0.717) is 0 Å². The first-order valence-corrected chi connectivity index (χ1v) is 17.4. The maximum atomic E-state index is 14.2. The van der Waals surface area contributed by atoms with Gasteiger partial charge in [-0.25, -0.2) is 24.0 Å². The van der Waals surface area contributed by atoms with E-state index in [1.54, 1.807) is 0 Å². The highest BCUT2D eigenvalue weighted by atomic mass is 31.2. The molecular weight excluding hydrogens is 688 g/mol. The molecule has 2 fully saturated rings. The van der Waals surface area contributed by atoms with E-state index < -0.39 is 89.6 Å². The highest BCUT2D eigenvalue weighted by Gasteiger charge is 2.50. The topological polar surface area (TPSA) is 333 Å². The number of hydrogen-bond acceptors (Lipinski definition) is 17. The molecule has 2 aliphatic heterocycles. The van der Waals surface area contributed by atoms with Crippen molar-refractivity contribution in [3.8, 4) is 0 Å². The number of phosphoric acid groups is 1. The van der Waals surface area contributed by atoms with Crippen molar-refractivity contribution < 1.29 is 56.9 Å². The smallest absolute Gasteiger partial charge is 0.394 e. The number of nitrogens with one attached hydrogen (secondary N) is 2. The maximum absolute atomic E-state index is 14.2. The molecular formula is C23H35N9O14P2. The third-order valence-electron chi connectivity index (χ3n) is 7.33. The largest absolute Gasteiger partial charge is 0.469 e. The van der Waals surface area contributed by atoms with Gasteiger partial charge in [0.2, 0.25) is 5.95 Å². The minimum atomic E-state index is -4.76. The van der Waals surface area contributed by atoms with Gasteiger partial charge in [0.25, 0.3) is 5.56 Å². The molecule has 23 nitrogen and oxygen atoms in total. The van der Waals surface area contributed by atoms with Crippen LogP contribution in [0.2, 0.25) is 0 Å². The Morgan fingerprint density at radius 3 is 2.58 bits per heavy atom. The normalized spacial score (nSPS) is 27.5. The number of hydrogen-bond donors (Lipinski definition) is 8. The number of nitrogens with zero attached hydrogens (tertiary/aromatic N) is 5. The van der Waals surface area contributed by atoms with Crippen LogP contribution in [0.15, 0.2) is 28.2 Å². The van der Waals surface area contributed by atoms with Crippen LogP contribution in [0.3, 0.4) is 0 Å². The molecule has 8 atom stereocenters. The first-order chi connectivity index (χ1) is 22.7. The van der Waals surface area contributed by atoms with Gasteiger partial charge < -0.3 is 45.7 Å². The molecule has 1 unspecified atom stereocenters. The number of nitrogens with two attached hydrogens (primary N) is 2. The van der Waals surface area contributed by atoms with Gasteiger partial charge in [-0.1, -0.05) is 0 Å². The van der Waals surface area contributed by atoms with Crippen LogP contribution < -0.4 is 27.8 Å². The molecule has 0 radical (unpaired) electrons. The molecule has 48 heavy (non-hydrogen) atoms. The number of phosphoric ester groups is 1. The maximum Gasteiger partial charge on any atom is 0.469 e. The van der Waals surface area contributed by atoms with E-state index in [-0.39, 0.29) is 42.3 Å². The van der Waals surface area contributed by atoms with Crippen molar-refractivity contribution in [3.63, 3.8) is 0 Å². The quantitative estimate of drug-likeness (QED) is 0.0603. The number of fused-ring (bicyclic) bond motifs is 1. The average molecular weight is 724 g/mol. The number of rotatable bonds is 15. The minimum absolute atomic E-state index is 0.0251. The van der Waals surface area contributed by atoms with Gasteiger partial charge in [0.05, 0.1) is 32.3 Å². The van der Waals surface area contributed by atoms with Crippen LogP contribution in [0, 0.1) is 0 Å². The zero-order valence-electron chi connectivity index (χ0n) is 25.2. The van der Waals surface area contributed by atoms with Crippen LogP contribution in [0.5, 0.6) is 0 Å². The number of imidazole rings is 1. The zero-order valence-corrected chi connectivity index (χ0v) is 27.0. The van der Waals surface area contributed by atoms with Crippen molar-refractivity contribution in [1.29, 1.82) is 0 Å². The summed E-state index contributed by atoms with van der Waals surface area (Å²) < 4.78 is 61.1. The number of anilines is 2. The van der Waals surface area contributed by atoms with Crippen LogP contribution in [-0.2, 0) is 36.9 Å². The Morgan fingerprint density at radius 2 is 1.90 bits per heavy atom. The molecule has 10 N–H and O–H groups in total. The van der Waals surface area contributed by atoms with E-state index in [2.05, 4.69) is 29.5 Å². The van der Waals surface area contributed by atoms with Crippen LogP contribution in [0.4, 0.5) is 11.8 Å². The summed E-state index contributed by atoms with van der Waals surface area (Å²) in [6.07, 6.45) is -5.50. The number of aliphatic hydroxyl groups excluding tert-OH is 2. The van der Waals surface area contributed by atoms with E-state index in [1.165, 1.54) is 30.3 Å². The summed E-state index contributed by atoms with van der Waals surface area (Å²) in [5.41, 5.74) is 9.84. The van der Waals surface area contributed by atoms with E-state index in [4.69, 9.17) is 44.5 Å². The average Bonchev–Trinajstić information content (AvgIpc) is 3.70. The highest BCUT2D eigenvalue weighted by molar-refractivity contribution is 7.51. The molecule has 3 aromatic rings. The van der Waals surface area contributed by atoms with Crippen molar-refractivity contribution in [3.05, 3.63) is 39.4 Å². The van der Waals surface area contributed by atoms with Crippen molar-refractivity contribution in [1.82, 2.24) is 34.2 Å². The molecule has 2 saturated heterocycles. The molecule has 0 aromatic carbocycles. The standard InChI is InChI=1S/C23H35N9O14P2/c1-41-17-16(13(8-33)45-21(17)32-10-26-15-18(32)29-22(25)30-19(15)35)46-47(37,27-4-2-6-42-48(38,39)40)43-9-11-7-12(34)20(44-11)31-5-3-14(24)28-23(31)36/h3,5,10-13,16-17,20-21,33-34H,2,4,6-9H2,1H3,(H,27,37)(H2,24,28,36)(H2,38,39,40)(H3,25,29,30,35)/t11-,12+,13+,16+,17+,20+,21+,47?/m0/s1. The number of aromatic nitrogens is 6. The van der Waals surface area contributed by atoms with Gasteiger partial charge in [0, 0.05) is 26.3 Å². The monoisotopic (exact) mass is 723 g/mol. The Balaban J connectivity index is 1.35. The highest BCUT2D eigenvalue weighted by Crippen LogP contribution is 2.50. The lowest BCUT2D eigenvalue weighted by molar-refractivity contribution is -0.0583. The van der Waals surface area contributed by atoms with Gasteiger partial charge >= 0.3 is 21.3 Å². The van der Waals surface area contributed by atoms with Crippen molar-refractivity contribution >= 4 is 38.5 Å². The first kappa shape index (κ1) is 36.1. The van der Waals surface area contributed by atoms with E-state index in [9.17, 15) is 28.9 Å². The van der Waals surface area contributed by atoms with Crippen LogP contribution in [0.1, 0.15) is 25.3 Å². The molecule has 0 spiro atoms. The van der Waals surface area contributed by atoms with Crippen LogP contribution in [0.25, 0.3) is 11.2 Å². The van der Waals surface area contributed by atoms with E-state index in [1.807, 2.05) is 0 Å². The Kier molecular flexibility index (Phi) is 11.1. The second-order valence-corrected chi connectivity index (χ2v) is 13.7. The fourth-order valence-electron chi connectivity index (χ4n) is 5.22. The number of aliphatic hydroxyl groups is 2. The molecule has 266 valence electrons. The van der Waals surface area contributed by atoms with Crippen molar-refractivity contribution in [2.45, 2.75) is 55.8 Å². The summed E-state index contributed by atoms with van der Waals surface area (Å²) in [6, 6.07) is 1.35. The number of methoxy groups -OCH3 is 1. The second kappa shape index (κ2) is 14.8. The SMILES string of the molecule is CO[C@@H]1[C@H](OP(=O)(NCCCOP(=O)(O)O)OC[C@@H]2C[C@@H](O)[C@H](n3ccc(N)nc3=O)O2)[C@@H](CO)O[C@H]1n1cnc2c(=O)[nH]c(N)nc21.